The van der Waals surface area contributed by atoms with Crippen molar-refractivity contribution in [2.45, 2.75) is 161 Å². The number of carbonyl (C=O) groups excluding carboxylic acids is 1. The minimum atomic E-state index is -1.33. The van der Waals surface area contributed by atoms with Crippen LogP contribution in [0.25, 0.3) is 0 Å². The zero-order chi connectivity index (χ0) is 28.8. The lowest BCUT2D eigenvalue weighted by Gasteiger charge is -2.52. The number of rotatable bonds is 26. The molecular formula is C31H57NO6. The molecule has 3 unspecified atom stereocenters. The molecule has 38 heavy (non-hydrogen) atoms. The van der Waals surface area contributed by atoms with Crippen molar-refractivity contribution in [3.05, 3.63) is 12.2 Å². The number of carboxylic acid groups (broad SMARTS) is 3. The molecule has 0 bridgehead atoms. The highest BCUT2D eigenvalue weighted by molar-refractivity contribution is 5.77. The van der Waals surface area contributed by atoms with Crippen LogP contribution in [0.15, 0.2) is 12.2 Å². The highest BCUT2D eigenvalue weighted by Crippen LogP contribution is 2.34. The molecule has 0 amide bonds. The standard InChI is InChI=1S/C31H57NO6/c1-5-9-10-11-12-13-14-15-16-17-18-19-20-21-25-32(26(22-6-2)29(33)34,27(23-7-3)30(35)36)28(24-8-4)31(37)38/h5,9,26-28H,6-8,10-25H2,1-4H3,(H2-,33,34,35,36,37,38)/b9-5+. The van der Waals surface area contributed by atoms with Gasteiger partial charge < -0.3 is 20.1 Å². The summed E-state index contributed by atoms with van der Waals surface area (Å²) in [6.45, 7) is 7.86. The zero-order valence-electron chi connectivity index (χ0n) is 24.8. The molecule has 0 aromatic rings. The first-order valence-electron chi connectivity index (χ1n) is 15.4. The highest BCUT2D eigenvalue weighted by Gasteiger charge is 2.54. The summed E-state index contributed by atoms with van der Waals surface area (Å²) in [5.41, 5.74) is 0. The Morgan fingerprint density at radius 3 is 1.37 bits per heavy atom. The van der Waals surface area contributed by atoms with Crippen molar-refractivity contribution in [2.75, 3.05) is 6.54 Å². The molecule has 0 radical (unpaired) electrons. The molecule has 0 rings (SSSR count). The molecule has 7 heteroatoms. The molecule has 7 nitrogen and oxygen atoms in total. The Bertz CT molecular complexity index is 617. The molecule has 0 aliphatic carbocycles. The summed E-state index contributed by atoms with van der Waals surface area (Å²) in [5.74, 6) is -3.56. The number of nitrogens with zero attached hydrogens (tertiary/aromatic N) is 1. The van der Waals surface area contributed by atoms with E-state index >= 15 is 0 Å². The topological polar surface area (TPSA) is 115 Å². The van der Waals surface area contributed by atoms with Crippen LogP contribution in [-0.2, 0) is 14.4 Å². The van der Waals surface area contributed by atoms with Crippen LogP contribution in [0.2, 0.25) is 0 Å². The molecule has 0 aliphatic rings. The lowest BCUT2D eigenvalue weighted by Crippen LogP contribution is -2.74. The molecule has 0 aromatic carbocycles. The van der Waals surface area contributed by atoms with Crippen molar-refractivity contribution in [1.82, 2.24) is 0 Å². The third kappa shape index (κ3) is 12.8. The van der Waals surface area contributed by atoms with Crippen LogP contribution >= 0.6 is 0 Å². The van der Waals surface area contributed by atoms with E-state index in [-0.39, 0.29) is 25.8 Å². The van der Waals surface area contributed by atoms with Gasteiger partial charge in [0.05, 0.1) is 12.5 Å². The molecule has 0 saturated heterocycles. The fourth-order valence-electron chi connectivity index (χ4n) is 6.04. The van der Waals surface area contributed by atoms with Gasteiger partial charge in [0.25, 0.3) is 0 Å². The summed E-state index contributed by atoms with van der Waals surface area (Å²) in [4.78, 5) is 37.5. The van der Waals surface area contributed by atoms with Crippen molar-refractivity contribution in [2.24, 2.45) is 0 Å². The maximum Gasteiger partial charge on any atom is 0.362 e. The third-order valence-electron chi connectivity index (χ3n) is 7.92. The molecule has 0 saturated carbocycles. The van der Waals surface area contributed by atoms with Gasteiger partial charge in [-0.1, -0.05) is 90.7 Å². The van der Waals surface area contributed by atoms with Gasteiger partial charge in [0.15, 0.2) is 12.1 Å². The number of unbranched alkanes of at least 4 members (excludes halogenated alkanes) is 11. The summed E-state index contributed by atoms with van der Waals surface area (Å²) < 4.78 is -0.434. The summed E-state index contributed by atoms with van der Waals surface area (Å²) in [6.07, 6.45) is 20.1. The fourth-order valence-corrected chi connectivity index (χ4v) is 6.04. The molecule has 0 aromatic heterocycles. The monoisotopic (exact) mass is 539 g/mol. The van der Waals surface area contributed by atoms with Crippen molar-refractivity contribution >= 4 is 17.9 Å². The van der Waals surface area contributed by atoms with Crippen molar-refractivity contribution in [3.63, 3.8) is 0 Å². The number of hydrogen-bond donors (Lipinski definition) is 2. The third-order valence-corrected chi connectivity index (χ3v) is 7.92. The van der Waals surface area contributed by atoms with Crippen LogP contribution in [0.5, 0.6) is 0 Å². The Labute approximate surface area is 232 Å². The van der Waals surface area contributed by atoms with E-state index in [1.807, 2.05) is 20.8 Å². The molecule has 0 aliphatic heterocycles. The average molecular weight is 540 g/mol. The van der Waals surface area contributed by atoms with Crippen LogP contribution in [0, 0.1) is 0 Å². The molecular weight excluding hydrogens is 482 g/mol. The smallest absolute Gasteiger partial charge is 0.362 e. The van der Waals surface area contributed by atoms with Crippen LogP contribution in [0.3, 0.4) is 0 Å². The quantitative estimate of drug-likeness (QED) is 0.0738. The molecule has 0 fully saturated rings. The van der Waals surface area contributed by atoms with Gasteiger partial charge in [-0.05, 0) is 45.4 Å². The first-order valence-corrected chi connectivity index (χ1v) is 15.4. The summed E-state index contributed by atoms with van der Waals surface area (Å²) >= 11 is 0. The van der Waals surface area contributed by atoms with Crippen LogP contribution < -0.4 is 5.11 Å². The Kier molecular flexibility index (Phi) is 20.9. The summed E-state index contributed by atoms with van der Waals surface area (Å²) in [6, 6.07) is -3.32. The van der Waals surface area contributed by atoms with Crippen LogP contribution in [0.4, 0.5) is 0 Å². The van der Waals surface area contributed by atoms with Crippen molar-refractivity contribution in [1.29, 1.82) is 0 Å². The van der Waals surface area contributed by atoms with Gasteiger partial charge in [0.2, 0.25) is 0 Å². The van der Waals surface area contributed by atoms with Gasteiger partial charge >= 0.3 is 11.9 Å². The average Bonchev–Trinajstić information content (AvgIpc) is 2.87. The number of carbonyl (C=O) groups is 3. The van der Waals surface area contributed by atoms with E-state index in [0.29, 0.717) is 25.7 Å². The molecule has 3 atom stereocenters. The lowest BCUT2D eigenvalue weighted by molar-refractivity contribution is -0.975. The first-order chi connectivity index (χ1) is 18.2. The van der Waals surface area contributed by atoms with E-state index in [4.69, 9.17) is 0 Å². The Morgan fingerprint density at radius 1 is 0.658 bits per heavy atom. The normalized spacial score (nSPS) is 15.7. The first kappa shape index (κ1) is 36.1. The number of aliphatic carboxylic acids is 3. The second-order valence-electron chi connectivity index (χ2n) is 10.9. The number of hydrogen-bond acceptors (Lipinski definition) is 4. The highest BCUT2D eigenvalue weighted by atomic mass is 16.4. The minimum Gasteiger partial charge on any atom is -0.544 e. The largest absolute Gasteiger partial charge is 0.544 e. The van der Waals surface area contributed by atoms with E-state index in [1.54, 1.807) is 0 Å². The van der Waals surface area contributed by atoms with Gasteiger partial charge in [-0.25, -0.2) is 9.59 Å². The van der Waals surface area contributed by atoms with E-state index < -0.39 is 40.5 Å². The van der Waals surface area contributed by atoms with Gasteiger partial charge in [-0.15, -0.1) is 0 Å². The fraction of sp³-hybridized carbons (Fsp3) is 0.839. The maximum absolute atomic E-state index is 12.5. The van der Waals surface area contributed by atoms with Gasteiger partial charge in [-0.3, -0.25) is 4.48 Å². The van der Waals surface area contributed by atoms with Crippen molar-refractivity contribution < 1.29 is 34.2 Å². The zero-order valence-corrected chi connectivity index (χ0v) is 24.8. The maximum atomic E-state index is 12.5. The Morgan fingerprint density at radius 2 is 1.03 bits per heavy atom. The lowest BCUT2D eigenvalue weighted by atomic mass is 9.91. The van der Waals surface area contributed by atoms with E-state index in [1.165, 1.54) is 44.9 Å². The molecule has 2 N–H and O–H groups in total. The second kappa shape index (κ2) is 22.0. The van der Waals surface area contributed by atoms with E-state index in [9.17, 15) is 29.7 Å². The van der Waals surface area contributed by atoms with E-state index in [0.717, 1.165) is 25.7 Å². The van der Waals surface area contributed by atoms with Gasteiger partial charge in [0, 0.05) is 19.3 Å². The summed E-state index contributed by atoms with van der Waals surface area (Å²) in [7, 11) is 0. The summed E-state index contributed by atoms with van der Waals surface area (Å²) in [5, 5.41) is 32.9. The number of quaternary nitrogens is 1. The van der Waals surface area contributed by atoms with Crippen molar-refractivity contribution in [3.8, 4) is 0 Å². The van der Waals surface area contributed by atoms with Crippen LogP contribution in [0.1, 0.15) is 143 Å². The molecule has 222 valence electrons. The Hall–Kier alpha value is -1.89. The predicted octanol–water partition coefficient (Wildman–Crippen LogP) is 6.49. The van der Waals surface area contributed by atoms with Gasteiger partial charge in [0.1, 0.15) is 6.04 Å². The van der Waals surface area contributed by atoms with Gasteiger partial charge in [-0.2, -0.15) is 0 Å². The number of allylic oxidation sites excluding steroid dienone is 2. The molecule has 0 spiro atoms. The van der Waals surface area contributed by atoms with Crippen LogP contribution in [-0.4, -0.2) is 57.3 Å². The molecule has 0 heterocycles. The Balaban J connectivity index is 5.29. The van der Waals surface area contributed by atoms with E-state index in [2.05, 4.69) is 19.1 Å². The predicted molar refractivity (Wildman–Crippen MR) is 152 cm³/mol. The minimum absolute atomic E-state index is 0.207. The second-order valence-corrected chi connectivity index (χ2v) is 10.9. The SMILES string of the molecule is C/C=C/CCCCCCCCCCCCC[N+](C(CCC)C(=O)[O-])(C(CCC)C(=O)O)C(CCC)C(=O)O. The number of carboxylic acids is 3.